The predicted molar refractivity (Wildman–Crippen MR) is 97.7 cm³/mol. The van der Waals surface area contributed by atoms with E-state index < -0.39 is 5.41 Å². The zero-order valence-corrected chi connectivity index (χ0v) is 15.4. The van der Waals surface area contributed by atoms with Crippen LogP contribution in [0.4, 0.5) is 5.69 Å². The van der Waals surface area contributed by atoms with Gasteiger partial charge in [0.25, 0.3) is 0 Å². The summed E-state index contributed by atoms with van der Waals surface area (Å²) in [7, 11) is 1.83. The standard InChI is InChI=1S/C20H25N3O3/c1-3-22-13-14(12-17(22)24)18(25)23-10-8-20(9-11-23)15-6-4-5-7-16(15)21(2)19(20)26/h4-7,14H,3,8-13H2,1-2H3. The summed E-state index contributed by atoms with van der Waals surface area (Å²) in [5, 5.41) is 0. The van der Waals surface area contributed by atoms with Gasteiger partial charge < -0.3 is 14.7 Å². The number of anilines is 1. The maximum Gasteiger partial charge on any atom is 0.237 e. The van der Waals surface area contributed by atoms with E-state index in [2.05, 4.69) is 0 Å². The first kappa shape index (κ1) is 17.1. The molecule has 1 unspecified atom stereocenters. The van der Waals surface area contributed by atoms with Gasteiger partial charge in [-0.05, 0) is 31.4 Å². The van der Waals surface area contributed by atoms with Gasteiger partial charge in [0.15, 0.2) is 0 Å². The monoisotopic (exact) mass is 355 g/mol. The Hall–Kier alpha value is -2.37. The number of carbonyl (C=O) groups excluding carboxylic acids is 3. The van der Waals surface area contributed by atoms with Gasteiger partial charge in [-0.3, -0.25) is 14.4 Å². The number of piperidine rings is 1. The zero-order chi connectivity index (χ0) is 18.5. The van der Waals surface area contributed by atoms with Crippen molar-refractivity contribution in [1.29, 1.82) is 0 Å². The summed E-state index contributed by atoms with van der Waals surface area (Å²) >= 11 is 0. The van der Waals surface area contributed by atoms with Crippen molar-refractivity contribution >= 4 is 23.4 Å². The molecule has 3 heterocycles. The number of fused-ring (bicyclic) bond motifs is 2. The van der Waals surface area contributed by atoms with Gasteiger partial charge in [-0.25, -0.2) is 0 Å². The molecule has 0 radical (unpaired) electrons. The van der Waals surface area contributed by atoms with Crippen molar-refractivity contribution in [1.82, 2.24) is 9.80 Å². The van der Waals surface area contributed by atoms with Gasteiger partial charge in [0.05, 0.1) is 11.3 Å². The van der Waals surface area contributed by atoms with Crippen LogP contribution in [-0.2, 0) is 19.8 Å². The molecular weight excluding hydrogens is 330 g/mol. The predicted octanol–water partition coefficient (Wildman–Crippen LogP) is 1.39. The number of hydrogen-bond donors (Lipinski definition) is 0. The lowest BCUT2D eigenvalue weighted by atomic mass is 9.73. The molecule has 0 N–H and O–H groups in total. The molecular formula is C20H25N3O3. The van der Waals surface area contributed by atoms with Gasteiger partial charge in [-0.2, -0.15) is 0 Å². The van der Waals surface area contributed by atoms with Gasteiger partial charge in [-0.1, -0.05) is 18.2 Å². The lowest BCUT2D eigenvalue weighted by Gasteiger charge is -2.39. The van der Waals surface area contributed by atoms with Crippen molar-refractivity contribution in [3.05, 3.63) is 29.8 Å². The third-order valence-corrected chi connectivity index (χ3v) is 6.37. The number of likely N-dealkylation sites (N-methyl/N-ethyl adjacent to an activating group) is 1. The molecule has 1 aromatic carbocycles. The molecule has 0 aromatic heterocycles. The molecule has 3 amide bonds. The molecule has 3 aliphatic rings. The maximum atomic E-state index is 13.0. The van der Waals surface area contributed by atoms with Crippen molar-refractivity contribution in [2.24, 2.45) is 5.92 Å². The molecule has 3 aliphatic heterocycles. The first-order valence-corrected chi connectivity index (χ1v) is 9.42. The molecule has 0 saturated carbocycles. The minimum absolute atomic E-state index is 0.0660. The molecule has 1 aromatic rings. The molecule has 4 rings (SSSR count). The van der Waals surface area contributed by atoms with E-state index in [4.69, 9.17) is 0 Å². The molecule has 0 bridgehead atoms. The number of likely N-dealkylation sites (tertiary alicyclic amines) is 2. The van der Waals surface area contributed by atoms with E-state index in [1.54, 1.807) is 9.80 Å². The smallest absolute Gasteiger partial charge is 0.237 e. The molecule has 6 nitrogen and oxygen atoms in total. The second-order valence-electron chi connectivity index (χ2n) is 7.62. The highest BCUT2D eigenvalue weighted by molar-refractivity contribution is 6.08. The average molecular weight is 355 g/mol. The molecule has 26 heavy (non-hydrogen) atoms. The normalized spacial score (nSPS) is 24.5. The molecule has 0 aliphatic carbocycles. The molecule has 2 saturated heterocycles. The minimum atomic E-state index is -0.497. The van der Waals surface area contributed by atoms with Crippen molar-refractivity contribution < 1.29 is 14.4 Å². The number of carbonyl (C=O) groups is 3. The van der Waals surface area contributed by atoms with Crippen molar-refractivity contribution in [2.45, 2.75) is 31.6 Å². The van der Waals surface area contributed by atoms with Crippen molar-refractivity contribution in [3.8, 4) is 0 Å². The van der Waals surface area contributed by atoms with Crippen LogP contribution in [-0.4, -0.2) is 60.7 Å². The lowest BCUT2D eigenvalue weighted by Crippen LogP contribution is -2.51. The van der Waals surface area contributed by atoms with E-state index >= 15 is 0 Å². The second kappa shape index (κ2) is 6.11. The Morgan fingerprint density at radius 1 is 1.19 bits per heavy atom. The highest BCUT2D eigenvalue weighted by Crippen LogP contribution is 2.47. The molecule has 138 valence electrons. The number of nitrogens with zero attached hydrogens (tertiary/aromatic N) is 3. The molecule has 1 atom stereocenters. The molecule has 6 heteroatoms. The van der Waals surface area contributed by atoms with Gasteiger partial charge in [0, 0.05) is 45.3 Å². The number of benzene rings is 1. The third-order valence-electron chi connectivity index (χ3n) is 6.37. The zero-order valence-electron chi connectivity index (χ0n) is 15.4. The van der Waals surface area contributed by atoms with Crippen LogP contribution in [0.3, 0.4) is 0 Å². The largest absolute Gasteiger partial charge is 0.342 e. The van der Waals surface area contributed by atoms with Crippen LogP contribution in [0.15, 0.2) is 24.3 Å². The highest BCUT2D eigenvalue weighted by atomic mass is 16.2. The number of amides is 3. The number of para-hydroxylation sites is 1. The summed E-state index contributed by atoms with van der Waals surface area (Å²) in [6.07, 6.45) is 1.62. The Morgan fingerprint density at radius 2 is 1.88 bits per heavy atom. The van der Waals surface area contributed by atoms with Crippen molar-refractivity contribution in [2.75, 3.05) is 38.1 Å². The third kappa shape index (κ3) is 2.35. The summed E-state index contributed by atoms with van der Waals surface area (Å²) in [4.78, 5) is 43.1. The Balaban J connectivity index is 1.49. The van der Waals surface area contributed by atoms with Gasteiger partial charge in [0.2, 0.25) is 17.7 Å². The van der Waals surface area contributed by atoms with E-state index in [-0.39, 0.29) is 23.6 Å². The first-order valence-electron chi connectivity index (χ1n) is 9.42. The first-order chi connectivity index (χ1) is 12.5. The summed E-state index contributed by atoms with van der Waals surface area (Å²) in [5.41, 5.74) is 1.58. The van der Waals surface area contributed by atoms with Crippen LogP contribution in [0.5, 0.6) is 0 Å². The molecule has 2 fully saturated rings. The van der Waals surface area contributed by atoms with E-state index in [0.29, 0.717) is 45.4 Å². The van der Waals surface area contributed by atoms with E-state index in [0.717, 1.165) is 11.3 Å². The van der Waals surface area contributed by atoms with Crippen LogP contribution in [0.25, 0.3) is 0 Å². The second-order valence-corrected chi connectivity index (χ2v) is 7.62. The van der Waals surface area contributed by atoms with Crippen molar-refractivity contribution in [3.63, 3.8) is 0 Å². The summed E-state index contributed by atoms with van der Waals surface area (Å²) in [6.45, 7) is 4.27. The Morgan fingerprint density at radius 3 is 2.54 bits per heavy atom. The van der Waals surface area contributed by atoms with Crippen LogP contribution < -0.4 is 4.90 Å². The fourth-order valence-corrected chi connectivity index (χ4v) is 4.81. The van der Waals surface area contributed by atoms with E-state index in [1.165, 1.54) is 0 Å². The Kier molecular flexibility index (Phi) is 4.01. The average Bonchev–Trinajstić information content (AvgIpc) is 3.15. The van der Waals surface area contributed by atoms with Crippen LogP contribution in [0.1, 0.15) is 31.7 Å². The summed E-state index contributed by atoms with van der Waals surface area (Å²) in [6, 6.07) is 7.97. The lowest BCUT2D eigenvalue weighted by molar-refractivity contribution is -0.139. The minimum Gasteiger partial charge on any atom is -0.342 e. The van der Waals surface area contributed by atoms with E-state index in [9.17, 15) is 14.4 Å². The fraction of sp³-hybridized carbons (Fsp3) is 0.550. The Bertz CT molecular complexity index is 767. The number of rotatable bonds is 2. The highest BCUT2D eigenvalue weighted by Gasteiger charge is 2.51. The SMILES string of the molecule is CCN1CC(C(=O)N2CCC3(CC2)C(=O)N(C)c2ccccc23)CC1=O. The van der Waals surface area contributed by atoms with Gasteiger partial charge in [-0.15, -0.1) is 0 Å². The number of hydrogen-bond acceptors (Lipinski definition) is 3. The summed E-state index contributed by atoms with van der Waals surface area (Å²) < 4.78 is 0. The molecule has 1 spiro atoms. The van der Waals surface area contributed by atoms with E-state index in [1.807, 2.05) is 43.1 Å². The van der Waals surface area contributed by atoms with Gasteiger partial charge in [0.1, 0.15) is 0 Å². The quantitative estimate of drug-likeness (QED) is 0.805. The topological polar surface area (TPSA) is 60.9 Å². The van der Waals surface area contributed by atoms with Gasteiger partial charge >= 0.3 is 0 Å². The summed E-state index contributed by atoms with van der Waals surface area (Å²) in [5.74, 6) is 0.0434. The maximum absolute atomic E-state index is 13.0. The van der Waals surface area contributed by atoms with Crippen LogP contribution >= 0.6 is 0 Å². The fourth-order valence-electron chi connectivity index (χ4n) is 4.81. The van der Waals surface area contributed by atoms with Crippen LogP contribution in [0.2, 0.25) is 0 Å². The van der Waals surface area contributed by atoms with Crippen LogP contribution in [0, 0.1) is 5.92 Å². The Labute approximate surface area is 153 Å².